The highest BCUT2D eigenvalue weighted by Gasteiger charge is 2.08. The minimum absolute atomic E-state index is 0.483. The molecule has 0 N–H and O–H groups in total. The smallest absolute Gasteiger partial charge is 0.204 e. The van der Waals surface area contributed by atoms with Crippen LogP contribution in [0.2, 0.25) is 0 Å². The van der Waals surface area contributed by atoms with Gasteiger partial charge in [-0.2, -0.15) is 4.80 Å². The molecule has 0 aliphatic rings. The zero-order chi connectivity index (χ0) is 20.8. The molecule has 0 spiro atoms. The van der Waals surface area contributed by atoms with Crippen LogP contribution in [-0.4, -0.2) is 25.2 Å². The molecule has 6 heteroatoms. The van der Waals surface area contributed by atoms with E-state index in [0.717, 1.165) is 29.8 Å². The van der Waals surface area contributed by atoms with E-state index in [4.69, 9.17) is 4.74 Å². The third kappa shape index (κ3) is 5.29. The summed E-state index contributed by atoms with van der Waals surface area (Å²) in [5, 5.41) is 12.2. The minimum atomic E-state index is 0.483. The average Bonchev–Trinajstić information content (AvgIpc) is 3.21. The molecule has 0 fully saturated rings. The van der Waals surface area contributed by atoms with E-state index in [2.05, 4.69) is 63.7 Å². The van der Waals surface area contributed by atoms with E-state index in [1.165, 1.54) is 15.9 Å². The van der Waals surface area contributed by atoms with Gasteiger partial charge in [0.15, 0.2) is 0 Å². The van der Waals surface area contributed by atoms with Crippen LogP contribution in [0.25, 0.3) is 11.4 Å². The Morgan fingerprint density at radius 3 is 2.20 bits per heavy atom. The lowest BCUT2D eigenvalue weighted by Crippen LogP contribution is -2.04. The average molecular weight is 399 g/mol. The fourth-order valence-corrected chi connectivity index (χ4v) is 3.43. The van der Waals surface area contributed by atoms with Gasteiger partial charge < -0.3 is 4.74 Å². The largest absolute Gasteiger partial charge is 0.487 e. The number of benzene rings is 2. The van der Waals surface area contributed by atoms with Crippen molar-refractivity contribution >= 4 is 0 Å². The van der Waals surface area contributed by atoms with Crippen LogP contribution in [-0.2, 0) is 26.5 Å². The normalized spacial score (nSPS) is 11.9. The Bertz CT molecular complexity index is 1060. The van der Waals surface area contributed by atoms with Crippen molar-refractivity contribution in [2.45, 2.75) is 26.4 Å². The fraction of sp³-hybridized carbons (Fsp3) is 0.250. The number of tetrazole rings is 1. The summed E-state index contributed by atoms with van der Waals surface area (Å²) in [5.74, 6) is 2.05. The van der Waals surface area contributed by atoms with E-state index in [9.17, 15) is 0 Å². The second-order valence-corrected chi connectivity index (χ2v) is 7.57. The van der Waals surface area contributed by atoms with Crippen LogP contribution in [0.3, 0.4) is 0 Å². The van der Waals surface area contributed by atoms with Crippen LogP contribution >= 0.6 is 0 Å². The van der Waals surface area contributed by atoms with Crippen LogP contribution in [0.5, 0.6) is 5.75 Å². The molecule has 2 heterocycles. The van der Waals surface area contributed by atoms with Gasteiger partial charge in [0, 0.05) is 11.8 Å². The predicted octanol–water partition coefficient (Wildman–Crippen LogP) is 4.27. The van der Waals surface area contributed by atoms with Crippen LogP contribution in [0.1, 0.15) is 23.7 Å². The van der Waals surface area contributed by atoms with Crippen molar-refractivity contribution in [2.24, 2.45) is 13.0 Å². The maximum absolute atomic E-state index is 5.82. The van der Waals surface area contributed by atoms with E-state index in [0.29, 0.717) is 18.3 Å². The lowest BCUT2D eigenvalue weighted by Gasteiger charge is -2.13. The summed E-state index contributed by atoms with van der Waals surface area (Å²) < 4.78 is 5.82. The van der Waals surface area contributed by atoms with Crippen molar-refractivity contribution in [2.75, 3.05) is 0 Å². The van der Waals surface area contributed by atoms with Crippen molar-refractivity contribution in [3.05, 3.63) is 89.7 Å². The Morgan fingerprint density at radius 1 is 0.900 bits per heavy atom. The van der Waals surface area contributed by atoms with E-state index < -0.39 is 0 Å². The van der Waals surface area contributed by atoms with Gasteiger partial charge in [-0.3, -0.25) is 4.98 Å². The quantitative estimate of drug-likeness (QED) is 0.443. The number of aromatic nitrogens is 5. The van der Waals surface area contributed by atoms with Crippen LogP contribution in [0, 0.1) is 5.92 Å². The lowest BCUT2D eigenvalue weighted by molar-refractivity contribution is 0.301. The lowest BCUT2D eigenvalue weighted by atomic mass is 9.94. The highest BCUT2D eigenvalue weighted by molar-refractivity contribution is 5.54. The first-order valence-electron chi connectivity index (χ1n) is 10.1. The Morgan fingerprint density at radius 2 is 1.60 bits per heavy atom. The van der Waals surface area contributed by atoms with E-state index in [-0.39, 0.29) is 0 Å². The predicted molar refractivity (Wildman–Crippen MR) is 116 cm³/mol. The molecular weight excluding hydrogens is 374 g/mol. The number of hydrogen-bond acceptors (Lipinski definition) is 5. The van der Waals surface area contributed by atoms with Crippen molar-refractivity contribution in [3.63, 3.8) is 0 Å². The Labute approximate surface area is 176 Å². The first-order valence-corrected chi connectivity index (χ1v) is 10.1. The van der Waals surface area contributed by atoms with Crippen molar-refractivity contribution in [1.29, 1.82) is 0 Å². The molecule has 0 radical (unpaired) electrons. The molecule has 0 saturated heterocycles. The number of hydrogen-bond donors (Lipinski definition) is 0. The van der Waals surface area contributed by atoms with E-state index in [1.807, 2.05) is 30.3 Å². The fourth-order valence-electron chi connectivity index (χ4n) is 3.43. The molecule has 0 amide bonds. The van der Waals surface area contributed by atoms with Crippen LogP contribution in [0.15, 0.2) is 72.9 Å². The molecule has 6 nitrogen and oxygen atoms in total. The first kappa shape index (κ1) is 19.8. The van der Waals surface area contributed by atoms with Crippen molar-refractivity contribution < 1.29 is 4.74 Å². The minimum Gasteiger partial charge on any atom is -0.487 e. The van der Waals surface area contributed by atoms with Crippen molar-refractivity contribution in [3.8, 4) is 17.1 Å². The van der Waals surface area contributed by atoms with Gasteiger partial charge in [-0.05, 0) is 59.4 Å². The van der Waals surface area contributed by atoms with Crippen LogP contribution in [0.4, 0.5) is 0 Å². The maximum atomic E-state index is 5.82. The van der Waals surface area contributed by atoms with E-state index >= 15 is 0 Å². The Kier molecular flexibility index (Phi) is 6.13. The highest BCUT2D eigenvalue weighted by Crippen LogP contribution is 2.20. The number of nitrogens with zero attached hydrogens (tertiary/aromatic N) is 5. The Hall–Kier alpha value is -3.54. The molecule has 0 aliphatic heterocycles. The Balaban J connectivity index is 1.28. The molecule has 0 bridgehead atoms. The molecule has 1 unspecified atom stereocenters. The number of aryl methyl sites for hydroxylation is 1. The summed E-state index contributed by atoms with van der Waals surface area (Å²) in [4.78, 5) is 5.75. The monoisotopic (exact) mass is 399 g/mol. The topological polar surface area (TPSA) is 65.7 Å². The van der Waals surface area contributed by atoms with Gasteiger partial charge in [0.25, 0.3) is 0 Å². The summed E-state index contributed by atoms with van der Waals surface area (Å²) in [6.45, 7) is 2.76. The van der Waals surface area contributed by atoms with Gasteiger partial charge >= 0.3 is 0 Å². The summed E-state index contributed by atoms with van der Waals surface area (Å²) in [5.41, 5.74) is 4.54. The van der Waals surface area contributed by atoms with Crippen molar-refractivity contribution in [1.82, 2.24) is 25.2 Å². The molecule has 152 valence electrons. The molecular formula is C24H25N5O. The number of pyridine rings is 1. The van der Waals surface area contributed by atoms with Gasteiger partial charge in [0.2, 0.25) is 5.82 Å². The molecule has 4 aromatic rings. The van der Waals surface area contributed by atoms with Gasteiger partial charge in [-0.1, -0.05) is 49.4 Å². The molecule has 30 heavy (non-hydrogen) atoms. The van der Waals surface area contributed by atoms with Gasteiger partial charge in [-0.25, -0.2) is 0 Å². The summed E-state index contributed by atoms with van der Waals surface area (Å²) in [6, 6.07) is 22.6. The summed E-state index contributed by atoms with van der Waals surface area (Å²) in [7, 11) is 1.77. The van der Waals surface area contributed by atoms with Gasteiger partial charge in [-0.15, -0.1) is 10.2 Å². The zero-order valence-electron chi connectivity index (χ0n) is 17.3. The third-order valence-electron chi connectivity index (χ3n) is 4.93. The third-order valence-corrected chi connectivity index (χ3v) is 4.93. The molecule has 1 atom stereocenters. The molecule has 4 rings (SSSR count). The second kappa shape index (κ2) is 9.31. The number of ether oxygens (including phenoxy) is 1. The van der Waals surface area contributed by atoms with Gasteiger partial charge in [0.05, 0.1) is 12.7 Å². The molecule has 0 aliphatic carbocycles. The second-order valence-electron chi connectivity index (χ2n) is 7.57. The maximum Gasteiger partial charge on any atom is 0.204 e. The first-order chi connectivity index (χ1) is 14.7. The molecule has 2 aromatic heterocycles. The zero-order valence-corrected chi connectivity index (χ0v) is 17.3. The number of rotatable bonds is 8. The molecule has 0 saturated carbocycles. The highest BCUT2D eigenvalue weighted by atomic mass is 16.5. The van der Waals surface area contributed by atoms with Gasteiger partial charge in [0.1, 0.15) is 12.4 Å². The SMILES string of the molecule is CC(Cc1ccc(OCc2ccccn2)cc1)Cc1ccc(-c2nnn(C)n2)cc1. The van der Waals surface area contributed by atoms with Crippen LogP contribution < -0.4 is 4.74 Å². The summed E-state index contributed by atoms with van der Waals surface area (Å²) >= 11 is 0. The van der Waals surface area contributed by atoms with E-state index in [1.54, 1.807) is 13.2 Å². The standard InChI is InChI=1S/C24H25N5O/c1-18(15-19-6-10-21(11-7-19)24-26-28-29(2)27-24)16-20-8-12-23(13-9-20)30-17-22-5-3-4-14-25-22/h3-14,18H,15-17H2,1-2H3. The summed E-state index contributed by atoms with van der Waals surface area (Å²) in [6.07, 6.45) is 3.82. The molecule has 2 aromatic carbocycles.